The molecule has 0 heterocycles. The zero-order chi connectivity index (χ0) is 16.3. The fourth-order valence-electron chi connectivity index (χ4n) is 0. The predicted octanol–water partition coefficient (Wildman–Crippen LogP) is -1.15. The number of aliphatic hydroxyl groups excluding tert-OH is 4. The summed E-state index contributed by atoms with van der Waals surface area (Å²) < 4.78 is 0. The number of aliphatic hydroxyl groups is 4. The molecule has 0 radical (unpaired) electrons. The van der Waals surface area contributed by atoms with Crippen molar-refractivity contribution >= 4 is 11.9 Å². The first kappa shape index (κ1) is 26.0. The summed E-state index contributed by atoms with van der Waals surface area (Å²) in [6.45, 7) is 7.06. The van der Waals surface area contributed by atoms with E-state index in [0.717, 1.165) is 6.08 Å². The van der Waals surface area contributed by atoms with Crippen LogP contribution in [0.3, 0.4) is 0 Å². The fourth-order valence-corrected chi connectivity index (χ4v) is 0. The van der Waals surface area contributed by atoms with Crippen molar-refractivity contribution in [2.45, 2.75) is 6.92 Å². The minimum atomic E-state index is -0.981. The summed E-state index contributed by atoms with van der Waals surface area (Å²) in [6.07, 6.45) is 0.833. The first-order valence-electron chi connectivity index (χ1n) is 4.92. The lowest BCUT2D eigenvalue weighted by molar-refractivity contribution is -0.133. The molecule has 0 aliphatic carbocycles. The van der Waals surface area contributed by atoms with Gasteiger partial charge in [-0.25, -0.2) is 9.59 Å². The third-order valence-corrected chi connectivity index (χ3v) is 0.740. The molecule has 0 aromatic rings. The summed E-state index contributed by atoms with van der Waals surface area (Å²) in [7, 11) is 0. The molecule has 0 bridgehead atoms. The van der Waals surface area contributed by atoms with Gasteiger partial charge in [0.1, 0.15) is 0 Å². The van der Waals surface area contributed by atoms with Crippen LogP contribution in [0.4, 0.5) is 0 Å². The minimum Gasteiger partial charge on any atom is -0.478 e. The standard InChI is InChI=1S/C4H6O2.C3H4O2.2C2H6O2/c1-3(2)4(5)6;1-2-3(4)5;2*3-1-2-4/h1H2,2H3,(H,5,6);2H,1H2,(H,4,5);2*3-4H,1-2H2. The van der Waals surface area contributed by atoms with Gasteiger partial charge >= 0.3 is 11.9 Å². The van der Waals surface area contributed by atoms with E-state index in [0.29, 0.717) is 0 Å². The summed E-state index contributed by atoms with van der Waals surface area (Å²) >= 11 is 0. The van der Waals surface area contributed by atoms with Crippen molar-refractivity contribution in [3.8, 4) is 0 Å². The zero-order valence-corrected chi connectivity index (χ0v) is 10.8. The molecule has 0 spiro atoms. The molecule has 0 aromatic carbocycles. The summed E-state index contributed by atoms with van der Waals surface area (Å²) in [6, 6.07) is 0. The van der Waals surface area contributed by atoms with Crippen LogP contribution in [0.2, 0.25) is 0 Å². The molecule has 0 atom stereocenters. The molecule has 0 aliphatic heterocycles. The van der Waals surface area contributed by atoms with Crippen LogP contribution in [0.1, 0.15) is 6.92 Å². The van der Waals surface area contributed by atoms with Crippen molar-refractivity contribution in [3.05, 3.63) is 24.8 Å². The van der Waals surface area contributed by atoms with E-state index < -0.39 is 11.9 Å². The van der Waals surface area contributed by atoms with E-state index in [1.165, 1.54) is 6.92 Å². The number of carbonyl (C=O) groups is 2. The van der Waals surface area contributed by atoms with Crippen LogP contribution in [0, 0.1) is 0 Å². The number of aliphatic carboxylic acids is 2. The Morgan fingerprint density at radius 1 is 0.947 bits per heavy atom. The maximum Gasteiger partial charge on any atom is 0.330 e. The van der Waals surface area contributed by atoms with Crippen molar-refractivity contribution in [2.24, 2.45) is 0 Å². The van der Waals surface area contributed by atoms with E-state index in [4.69, 9.17) is 30.6 Å². The second-order valence-corrected chi connectivity index (χ2v) is 2.52. The van der Waals surface area contributed by atoms with Crippen LogP contribution in [-0.4, -0.2) is 69.0 Å². The number of rotatable bonds is 4. The lowest BCUT2D eigenvalue weighted by Gasteiger charge is -1.79. The molecule has 8 nitrogen and oxygen atoms in total. The van der Waals surface area contributed by atoms with Gasteiger partial charge in [0, 0.05) is 11.6 Å². The van der Waals surface area contributed by atoms with Gasteiger partial charge in [-0.3, -0.25) is 0 Å². The van der Waals surface area contributed by atoms with Gasteiger partial charge in [0.25, 0.3) is 0 Å². The molecule has 6 N–H and O–H groups in total. The summed E-state index contributed by atoms with van der Waals surface area (Å²) in [5.41, 5.74) is 0.176. The van der Waals surface area contributed by atoms with E-state index in [-0.39, 0.29) is 32.0 Å². The molecule has 0 amide bonds. The second kappa shape index (κ2) is 25.2. The van der Waals surface area contributed by atoms with Crippen molar-refractivity contribution in [1.82, 2.24) is 0 Å². The smallest absolute Gasteiger partial charge is 0.330 e. The molecule has 0 aliphatic rings. The third kappa shape index (κ3) is 84.4. The monoisotopic (exact) mass is 282 g/mol. The summed E-state index contributed by atoms with van der Waals surface area (Å²) in [5, 5.41) is 46.0. The molecule has 0 saturated carbocycles. The molecule has 0 saturated heterocycles. The Hall–Kier alpha value is -1.74. The van der Waals surface area contributed by atoms with Crippen LogP contribution in [0.25, 0.3) is 0 Å². The maximum atomic E-state index is 9.60. The van der Waals surface area contributed by atoms with Gasteiger partial charge in [-0.2, -0.15) is 0 Å². The van der Waals surface area contributed by atoms with Crippen molar-refractivity contribution < 1.29 is 40.2 Å². The Bertz CT molecular complexity index is 217. The van der Waals surface area contributed by atoms with Gasteiger partial charge in [0.05, 0.1) is 26.4 Å². The molecule has 19 heavy (non-hydrogen) atoms. The first-order valence-corrected chi connectivity index (χ1v) is 4.92. The van der Waals surface area contributed by atoms with Crippen LogP contribution in [0.5, 0.6) is 0 Å². The lowest BCUT2D eigenvalue weighted by atomic mass is 10.4. The predicted molar refractivity (Wildman–Crippen MR) is 68.6 cm³/mol. The van der Waals surface area contributed by atoms with Crippen molar-refractivity contribution in [1.29, 1.82) is 0 Å². The van der Waals surface area contributed by atoms with Crippen LogP contribution in [-0.2, 0) is 9.59 Å². The lowest BCUT2D eigenvalue weighted by Crippen LogP contribution is -1.92. The van der Waals surface area contributed by atoms with Gasteiger partial charge in [-0.05, 0) is 6.92 Å². The van der Waals surface area contributed by atoms with Crippen LogP contribution >= 0.6 is 0 Å². The zero-order valence-electron chi connectivity index (χ0n) is 10.8. The highest BCUT2D eigenvalue weighted by atomic mass is 16.4. The molecule has 0 aromatic heterocycles. The third-order valence-electron chi connectivity index (χ3n) is 0.740. The Morgan fingerprint density at radius 2 is 1.11 bits per heavy atom. The highest BCUT2D eigenvalue weighted by Crippen LogP contribution is 1.81. The molecular weight excluding hydrogens is 260 g/mol. The van der Waals surface area contributed by atoms with Crippen LogP contribution < -0.4 is 0 Å². The van der Waals surface area contributed by atoms with Crippen LogP contribution in [0.15, 0.2) is 24.8 Å². The molecule has 0 rings (SSSR count). The van der Waals surface area contributed by atoms with E-state index in [1.54, 1.807) is 0 Å². The molecular formula is C11H22O8. The second-order valence-electron chi connectivity index (χ2n) is 2.52. The van der Waals surface area contributed by atoms with Gasteiger partial charge < -0.3 is 30.6 Å². The largest absolute Gasteiger partial charge is 0.478 e. The van der Waals surface area contributed by atoms with Gasteiger partial charge in [0.15, 0.2) is 0 Å². The van der Waals surface area contributed by atoms with Gasteiger partial charge in [-0.1, -0.05) is 13.2 Å². The SMILES string of the molecule is C=C(C)C(=O)O.C=CC(=O)O.OCCO.OCCO. The molecule has 0 unspecified atom stereocenters. The molecule has 114 valence electrons. The highest BCUT2D eigenvalue weighted by molar-refractivity contribution is 5.84. The van der Waals surface area contributed by atoms with E-state index in [2.05, 4.69) is 13.2 Å². The Labute approximate surface area is 111 Å². The van der Waals surface area contributed by atoms with Crippen molar-refractivity contribution in [3.63, 3.8) is 0 Å². The van der Waals surface area contributed by atoms with Gasteiger partial charge in [-0.15, -0.1) is 0 Å². The minimum absolute atomic E-state index is 0.125. The summed E-state index contributed by atoms with van der Waals surface area (Å²) in [5.74, 6) is -1.92. The maximum absolute atomic E-state index is 9.60. The Balaban J connectivity index is -0.0000000803. The van der Waals surface area contributed by atoms with E-state index in [1.807, 2.05) is 0 Å². The average Bonchev–Trinajstić information content (AvgIpc) is 2.39. The summed E-state index contributed by atoms with van der Waals surface area (Å²) in [4.78, 5) is 18.8. The fraction of sp³-hybridized carbons (Fsp3) is 0.455. The van der Waals surface area contributed by atoms with Gasteiger partial charge in [0.2, 0.25) is 0 Å². The van der Waals surface area contributed by atoms with Crippen molar-refractivity contribution in [2.75, 3.05) is 26.4 Å². The number of carboxylic acid groups (broad SMARTS) is 2. The number of hydrogen-bond donors (Lipinski definition) is 6. The average molecular weight is 282 g/mol. The molecule has 0 fully saturated rings. The highest BCUT2D eigenvalue weighted by Gasteiger charge is 1.90. The number of hydrogen-bond acceptors (Lipinski definition) is 6. The number of carboxylic acids is 2. The Kier molecular flexibility index (Phi) is 34.4. The van der Waals surface area contributed by atoms with E-state index >= 15 is 0 Å². The quantitative estimate of drug-likeness (QED) is 0.353. The first-order chi connectivity index (χ1) is 8.74. The normalized spacial score (nSPS) is 7.21. The Morgan fingerprint density at radius 3 is 1.11 bits per heavy atom. The topological polar surface area (TPSA) is 156 Å². The van der Waals surface area contributed by atoms with E-state index in [9.17, 15) is 9.59 Å². The molecule has 8 heteroatoms.